The first-order valence-electron chi connectivity index (χ1n) is 10.7. The van der Waals surface area contributed by atoms with Crippen LogP contribution in [0.4, 0.5) is 4.79 Å². The molecule has 0 atom stereocenters. The fraction of sp³-hybridized carbons (Fsp3) is 0.435. The minimum atomic E-state index is -0.302. The van der Waals surface area contributed by atoms with Crippen LogP contribution in [0.25, 0.3) is 11.2 Å². The van der Waals surface area contributed by atoms with Gasteiger partial charge in [-0.15, -0.1) is 0 Å². The fourth-order valence-corrected chi connectivity index (χ4v) is 3.14. The minimum absolute atomic E-state index is 0.0313. The lowest BCUT2D eigenvalue weighted by Crippen LogP contribution is -2.39. The van der Waals surface area contributed by atoms with Crippen LogP contribution in [0.5, 0.6) is 0 Å². The number of hydrogen-bond donors (Lipinski definition) is 2. The van der Waals surface area contributed by atoms with Crippen molar-refractivity contribution in [2.75, 3.05) is 0 Å². The Morgan fingerprint density at radius 3 is 2.50 bits per heavy atom. The summed E-state index contributed by atoms with van der Waals surface area (Å²) in [7, 11) is 0. The summed E-state index contributed by atoms with van der Waals surface area (Å²) >= 11 is 0. The zero-order valence-corrected chi connectivity index (χ0v) is 17.6. The second-order valence-corrected chi connectivity index (χ2v) is 7.24. The Morgan fingerprint density at radius 2 is 1.87 bits per heavy atom. The van der Waals surface area contributed by atoms with Gasteiger partial charge < -0.3 is 10.1 Å². The third-order valence-electron chi connectivity index (χ3n) is 5.04. The molecule has 1 aromatic carbocycles. The third-order valence-corrected chi connectivity index (χ3v) is 5.04. The number of rotatable bonds is 4. The Bertz CT molecular complexity index is 988. The van der Waals surface area contributed by atoms with Gasteiger partial charge in [-0.2, -0.15) is 0 Å². The summed E-state index contributed by atoms with van der Waals surface area (Å²) in [4.78, 5) is 29.6. The molecule has 0 saturated heterocycles. The average molecular weight is 411 g/mol. The predicted octanol–water partition coefficient (Wildman–Crippen LogP) is 4.55. The molecule has 2 fully saturated rings. The van der Waals surface area contributed by atoms with Crippen LogP contribution in [0.1, 0.15) is 57.6 Å². The molecule has 2 N–H and O–H groups in total. The molecule has 2 aliphatic rings. The van der Waals surface area contributed by atoms with Crippen molar-refractivity contribution in [3.63, 3.8) is 0 Å². The maximum absolute atomic E-state index is 11.5. The number of pyridine rings is 1. The van der Waals surface area contributed by atoms with Gasteiger partial charge in [0.1, 0.15) is 6.61 Å². The molecule has 2 saturated carbocycles. The van der Waals surface area contributed by atoms with Crippen molar-refractivity contribution in [2.45, 2.75) is 64.6 Å². The van der Waals surface area contributed by atoms with E-state index in [-0.39, 0.29) is 11.8 Å². The number of ether oxygens (including phenoxy) is 1. The van der Waals surface area contributed by atoms with Gasteiger partial charge >= 0.3 is 11.8 Å². The smallest absolute Gasteiger partial charge is 0.407 e. The van der Waals surface area contributed by atoms with Crippen molar-refractivity contribution in [3.05, 3.63) is 64.7 Å². The maximum Gasteiger partial charge on any atom is 0.407 e. The van der Waals surface area contributed by atoms with Gasteiger partial charge in [0.15, 0.2) is 5.65 Å². The minimum Gasteiger partial charge on any atom is -0.445 e. The van der Waals surface area contributed by atoms with E-state index in [9.17, 15) is 9.59 Å². The zero-order chi connectivity index (χ0) is 21.3. The monoisotopic (exact) mass is 410 g/mol. The number of alkyl carbamates (subject to hydrolysis) is 1. The third kappa shape index (κ3) is 5.72. The summed E-state index contributed by atoms with van der Waals surface area (Å²) in [5.74, 6) is 0. The largest absolute Gasteiger partial charge is 0.445 e. The molecule has 7 nitrogen and oxygen atoms in total. The van der Waals surface area contributed by atoms with E-state index < -0.39 is 0 Å². The number of aromatic nitrogens is 3. The average Bonchev–Trinajstić information content (AvgIpc) is 3.53. The van der Waals surface area contributed by atoms with E-state index in [4.69, 9.17) is 4.74 Å². The second-order valence-electron chi connectivity index (χ2n) is 7.24. The normalized spacial score (nSPS) is 15.1. The lowest BCUT2D eigenvalue weighted by atomic mass is 9.93. The molecule has 3 aromatic rings. The van der Waals surface area contributed by atoms with Gasteiger partial charge in [0.25, 0.3) is 0 Å². The molecule has 0 aliphatic heterocycles. The number of nitrogens with zero attached hydrogens (tertiary/aromatic N) is 2. The van der Waals surface area contributed by atoms with Gasteiger partial charge in [0.05, 0.1) is 5.52 Å². The summed E-state index contributed by atoms with van der Waals surface area (Å²) in [6.07, 6.45) is 6.99. The molecule has 0 bridgehead atoms. The summed E-state index contributed by atoms with van der Waals surface area (Å²) in [5, 5.41) is 2.83. The molecular formula is C23H30N4O3. The highest BCUT2D eigenvalue weighted by atomic mass is 16.5. The summed E-state index contributed by atoms with van der Waals surface area (Å²) in [5.41, 5.74) is 2.60. The Morgan fingerprint density at radius 1 is 1.13 bits per heavy atom. The van der Waals surface area contributed by atoms with E-state index in [0.717, 1.165) is 36.8 Å². The van der Waals surface area contributed by atoms with Crippen LogP contribution >= 0.6 is 0 Å². The topological polar surface area (TPSA) is 89.0 Å². The standard InChI is InChI=1S/C12H15NO2.C9H9N3O.C2H6/c14-12(13-11-7-4-8-11)15-9-10-5-2-1-3-6-10;13-9-11-8-7(2-1-5-10-8)12(9)6-3-4-6;1-2/h1-3,5-6,11H,4,7-9H2,(H,13,14);1-2,5-6H,3-4H2,(H,10,11,13);1-2H3. The number of aromatic amines is 1. The van der Waals surface area contributed by atoms with Crippen molar-refractivity contribution in [2.24, 2.45) is 0 Å². The molecule has 0 radical (unpaired) electrons. The predicted molar refractivity (Wildman–Crippen MR) is 117 cm³/mol. The molecule has 0 spiro atoms. The number of carbonyl (C=O) groups excluding carboxylic acids is 1. The van der Waals surface area contributed by atoms with Gasteiger partial charge in [-0.05, 0) is 49.8 Å². The van der Waals surface area contributed by atoms with Crippen LogP contribution in [0, 0.1) is 0 Å². The van der Waals surface area contributed by atoms with Crippen molar-refractivity contribution < 1.29 is 9.53 Å². The summed E-state index contributed by atoms with van der Waals surface area (Å²) in [6, 6.07) is 14.2. The van der Waals surface area contributed by atoms with Gasteiger partial charge in [0.2, 0.25) is 0 Å². The van der Waals surface area contributed by atoms with E-state index in [0.29, 0.717) is 24.3 Å². The molecule has 2 heterocycles. The SMILES string of the molecule is CC.O=C(NC1CCC1)OCc1ccccc1.O=c1[nH]c2ncccc2n1C1CC1. The molecule has 2 aromatic heterocycles. The van der Waals surface area contributed by atoms with Crippen LogP contribution in [0.3, 0.4) is 0 Å². The van der Waals surface area contributed by atoms with Gasteiger partial charge in [-0.25, -0.2) is 14.6 Å². The number of H-pyrrole nitrogens is 1. The van der Waals surface area contributed by atoms with Crippen LogP contribution in [-0.2, 0) is 11.3 Å². The lowest BCUT2D eigenvalue weighted by Gasteiger charge is -2.25. The first-order valence-corrected chi connectivity index (χ1v) is 10.7. The van der Waals surface area contributed by atoms with E-state index in [1.807, 2.05) is 60.9 Å². The number of nitrogens with one attached hydrogen (secondary N) is 2. The quantitative estimate of drug-likeness (QED) is 0.660. The maximum atomic E-state index is 11.5. The molecular weight excluding hydrogens is 380 g/mol. The molecule has 0 unspecified atom stereocenters. The Labute approximate surface area is 176 Å². The van der Waals surface area contributed by atoms with Crippen molar-refractivity contribution >= 4 is 17.3 Å². The second kappa shape index (κ2) is 10.6. The highest BCUT2D eigenvalue weighted by molar-refractivity contribution is 5.70. The van der Waals surface area contributed by atoms with Crippen LogP contribution < -0.4 is 11.0 Å². The number of carbonyl (C=O) groups is 1. The first kappa shape index (κ1) is 21.6. The van der Waals surface area contributed by atoms with Crippen LogP contribution in [-0.4, -0.2) is 26.7 Å². The van der Waals surface area contributed by atoms with Crippen molar-refractivity contribution in [3.8, 4) is 0 Å². The highest BCUT2D eigenvalue weighted by Crippen LogP contribution is 2.35. The van der Waals surface area contributed by atoms with E-state index in [1.165, 1.54) is 6.42 Å². The number of hydrogen-bond acceptors (Lipinski definition) is 4. The highest BCUT2D eigenvalue weighted by Gasteiger charge is 2.27. The lowest BCUT2D eigenvalue weighted by molar-refractivity contribution is 0.130. The van der Waals surface area contributed by atoms with Crippen molar-refractivity contribution in [1.82, 2.24) is 19.9 Å². The molecule has 160 valence electrons. The molecule has 1 amide bonds. The first-order chi connectivity index (χ1) is 14.7. The molecule has 2 aliphatic carbocycles. The van der Waals surface area contributed by atoms with E-state index in [2.05, 4.69) is 15.3 Å². The number of benzene rings is 1. The molecule has 30 heavy (non-hydrogen) atoms. The summed E-state index contributed by atoms with van der Waals surface area (Å²) in [6.45, 7) is 4.35. The number of fused-ring (bicyclic) bond motifs is 1. The van der Waals surface area contributed by atoms with Gasteiger partial charge in [0, 0.05) is 18.3 Å². The van der Waals surface area contributed by atoms with Gasteiger partial charge in [-0.1, -0.05) is 44.2 Å². The molecule has 5 rings (SSSR count). The van der Waals surface area contributed by atoms with E-state index >= 15 is 0 Å². The Balaban J connectivity index is 0.000000159. The fourth-order valence-electron chi connectivity index (χ4n) is 3.14. The zero-order valence-electron chi connectivity index (χ0n) is 17.6. The Hall–Kier alpha value is -3.09. The molecule has 7 heteroatoms. The number of imidazole rings is 1. The summed E-state index contributed by atoms with van der Waals surface area (Å²) < 4.78 is 6.89. The van der Waals surface area contributed by atoms with Crippen LogP contribution in [0.2, 0.25) is 0 Å². The number of amides is 1. The van der Waals surface area contributed by atoms with Crippen LogP contribution in [0.15, 0.2) is 53.5 Å². The van der Waals surface area contributed by atoms with E-state index in [1.54, 1.807) is 6.20 Å². The Kier molecular flexibility index (Phi) is 7.65. The van der Waals surface area contributed by atoms with Gasteiger partial charge in [-0.3, -0.25) is 9.55 Å². The van der Waals surface area contributed by atoms with Crippen molar-refractivity contribution in [1.29, 1.82) is 0 Å².